The average molecular weight is 552 g/mol. The van der Waals surface area contributed by atoms with Crippen LogP contribution in [0.25, 0.3) is 11.5 Å². The van der Waals surface area contributed by atoms with Crippen LogP contribution in [0.4, 0.5) is 5.69 Å². The number of hydrogen-bond donors (Lipinski definition) is 2. The monoisotopic (exact) mass is 552 g/mol. The summed E-state index contributed by atoms with van der Waals surface area (Å²) in [5, 5.41) is 6.48. The van der Waals surface area contributed by atoms with Gasteiger partial charge in [-0.3, -0.25) is 0 Å². The summed E-state index contributed by atoms with van der Waals surface area (Å²) in [6, 6.07) is 11.7. The predicted molar refractivity (Wildman–Crippen MR) is 137 cm³/mol. The molecule has 2 aromatic carbocycles. The van der Waals surface area contributed by atoms with Crippen LogP contribution < -0.4 is 24.8 Å². The van der Waals surface area contributed by atoms with Gasteiger partial charge in [0, 0.05) is 29.9 Å². The van der Waals surface area contributed by atoms with Crippen LogP contribution in [0.5, 0.6) is 17.2 Å². The molecule has 0 bridgehead atoms. The topological polar surface area (TPSA) is 90.1 Å². The van der Waals surface area contributed by atoms with Crippen LogP contribution in [-0.2, 0) is 6.54 Å². The van der Waals surface area contributed by atoms with Crippen molar-refractivity contribution < 1.29 is 18.6 Å². The lowest BCUT2D eigenvalue weighted by Gasteiger charge is -2.16. The Balaban J connectivity index is 0.00000363. The summed E-state index contributed by atoms with van der Waals surface area (Å²) in [6.07, 6.45) is 1.63. The first-order valence-corrected chi connectivity index (χ1v) is 9.94. The Hall–Kier alpha value is -2.95. The molecule has 0 fully saturated rings. The van der Waals surface area contributed by atoms with E-state index in [2.05, 4.69) is 20.6 Å². The second kappa shape index (κ2) is 12.2. The molecule has 0 spiro atoms. The maximum Gasteiger partial charge on any atom is 0.226 e. The number of aryl methyl sites for hydroxylation is 1. The molecule has 3 rings (SSSR count). The summed E-state index contributed by atoms with van der Waals surface area (Å²) >= 11 is 0. The van der Waals surface area contributed by atoms with E-state index in [-0.39, 0.29) is 24.0 Å². The molecular formula is C23H29IN4O4. The molecule has 0 amide bonds. The third-order valence-corrected chi connectivity index (χ3v) is 4.52. The molecule has 0 aliphatic rings. The minimum atomic E-state index is 0. The predicted octanol–water partition coefficient (Wildman–Crippen LogP) is 4.87. The molecule has 0 aliphatic carbocycles. The maximum absolute atomic E-state index is 5.62. The van der Waals surface area contributed by atoms with E-state index in [1.807, 2.05) is 50.2 Å². The van der Waals surface area contributed by atoms with E-state index in [4.69, 9.17) is 18.6 Å². The quantitative estimate of drug-likeness (QED) is 0.234. The van der Waals surface area contributed by atoms with E-state index in [9.17, 15) is 0 Å². The Morgan fingerprint density at radius 2 is 1.69 bits per heavy atom. The molecule has 0 saturated carbocycles. The Kier molecular flexibility index (Phi) is 9.63. The van der Waals surface area contributed by atoms with Crippen molar-refractivity contribution in [2.45, 2.75) is 20.4 Å². The van der Waals surface area contributed by atoms with Crippen LogP contribution in [-0.4, -0.2) is 38.8 Å². The standard InChI is InChI=1S/C23H28N4O4.HI/c1-6-24-23(27-17-11-19(28-3)21(30-5)20(12-17)29-4)25-13-18-14-31-22(26-18)16-9-7-15(2)8-10-16;/h7-12,14H,6,13H2,1-5H3,(H2,24,25,27);1H. The SMILES string of the molecule is CCNC(=NCc1coc(-c2ccc(C)cc2)n1)Nc1cc(OC)c(OC)c(OC)c1.I. The number of hydrogen-bond acceptors (Lipinski definition) is 6. The number of benzene rings is 2. The molecule has 9 heteroatoms. The van der Waals surface area contributed by atoms with Crippen molar-refractivity contribution in [2.75, 3.05) is 33.2 Å². The zero-order valence-electron chi connectivity index (χ0n) is 18.9. The van der Waals surface area contributed by atoms with E-state index in [0.29, 0.717) is 42.2 Å². The van der Waals surface area contributed by atoms with E-state index >= 15 is 0 Å². The Morgan fingerprint density at radius 3 is 2.25 bits per heavy atom. The lowest BCUT2D eigenvalue weighted by atomic mass is 10.1. The number of methoxy groups -OCH3 is 3. The molecule has 1 heterocycles. The van der Waals surface area contributed by atoms with Crippen molar-refractivity contribution >= 4 is 35.6 Å². The zero-order chi connectivity index (χ0) is 22.2. The van der Waals surface area contributed by atoms with Crippen LogP contribution in [0.2, 0.25) is 0 Å². The fourth-order valence-corrected chi connectivity index (χ4v) is 2.97. The number of nitrogens with one attached hydrogen (secondary N) is 2. The highest BCUT2D eigenvalue weighted by molar-refractivity contribution is 14.0. The molecule has 8 nitrogen and oxygen atoms in total. The highest BCUT2D eigenvalue weighted by atomic mass is 127. The van der Waals surface area contributed by atoms with E-state index < -0.39 is 0 Å². The molecular weight excluding hydrogens is 523 g/mol. The minimum absolute atomic E-state index is 0. The second-order valence-corrected chi connectivity index (χ2v) is 6.74. The Labute approximate surface area is 205 Å². The van der Waals surface area contributed by atoms with Crippen molar-refractivity contribution in [3.63, 3.8) is 0 Å². The summed E-state index contributed by atoms with van der Waals surface area (Å²) < 4.78 is 21.8. The van der Waals surface area contributed by atoms with Crippen molar-refractivity contribution in [1.29, 1.82) is 0 Å². The first-order valence-electron chi connectivity index (χ1n) is 9.94. The van der Waals surface area contributed by atoms with Gasteiger partial charge in [0.2, 0.25) is 11.6 Å². The van der Waals surface area contributed by atoms with Crippen LogP contribution in [0.3, 0.4) is 0 Å². The summed E-state index contributed by atoms with van der Waals surface area (Å²) in [5.41, 5.74) is 3.60. The summed E-state index contributed by atoms with van der Waals surface area (Å²) in [7, 11) is 4.73. The summed E-state index contributed by atoms with van der Waals surface area (Å²) in [5.74, 6) is 2.81. The lowest BCUT2D eigenvalue weighted by molar-refractivity contribution is 0.324. The molecule has 0 unspecified atom stereocenters. The van der Waals surface area contributed by atoms with Crippen molar-refractivity contribution in [3.8, 4) is 28.7 Å². The number of guanidine groups is 1. The molecule has 0 saturated heterocycles. The number of ether oxygens (including phenoxy) is 3. The number of aliphatic imine (C=N–C) groups is 1. The molecule has 2 N–H and O–H groups in total. The molecule has 1 aromatic heterocycles. The molecule has 0 atom stereocenters. The zero-order valence-corrected chi connectivity index (χ0v) is 21.2. The number of rotatable bonds is 8. The Bertz CT molecular complexity index is 1010. The minimum Gasteiger partial charge on any atom is -0.493 e. The van der Waals surface area contributed by atoms with Gasteiger partial charge in [0.15, 0.2) is 17.5 Å². The van der Waals surface area contributed by atoms with Gasteiger partial charge in [0.25, 0.3) is 0 Å². The molecule has 32 heavy (non-hydrogen) atoms. The van der Waals surface area contributed by atoms with Crippen LogP contribution in [0, 0.1) is 6.92 Å². The fraction of sp³-hybridized carbons (Fsp3) is 0.304. The number of anilines is 1. The van der Waals surface area contributed by atoms with E-state index in [1.165, 1.54) is 5.56 Å². The van der Waals surface area contributed by atoms with Gasteiger partial charge >= 0.3 is 0 Å². The van der Waals surface area contributed by atoms with Gasteiger partial charge in [-0.15, -0.1) is 24.0 Å². The fourth-order valence-electron chi connectivity index (χ4n) is 2.97. The van der Waals surface area contributed by atoms with E-state index in [1.54, 1.807) is 27.6 Å². The largest absolute Gasteiger partial charge is 0.493 e. The second-order valence-electron chi connectivity index (χ2n) is 6.74. The molecule has 3 aromatic rings. The van der Waals surface area contributed by atoms with Crippen LogP contribution in [0.15, 0.2) is 52.1 Å². The molecule has 0 aliphatic heterocycles. The van der Waals surface area contributed by atoms with Crippen LogP contribution in [0.1, 0.15) is 18.2 Å². The molecule has 172 valence electrons. The number of halogens is 1. The van der Waals surface area contributed by atoms with Gasteiger partial charge in [-0.05, 0) is 26.0 Å². The van der Waals surface area contributed by atoms with Gasteiger partial charge < -0.3 is 29.3 Å². The van der Waals surface area contributed by atoms with Crippen LogP contribution >= 0.6 is 24.0 Å². The summed E-state index contributed by atoms with van der Waals surface area (Å²) in [6.45, 7) is 5.10. The average Bonchev–Trinajstić information content (AvgIpc) is 3.26. The number of aromatic nitrogens is 1. The normalized spacial score (nSPS) is 10.8. The third-order valence-electron chi connectivity index (χ3n) is 4.52. The summed E-state index contributed by atoms with van der Waals surface area (Å²) in [4.78, 5) is 9.15. The maximum atomic E-state index is 5.62. The number of nitrogens with zero attached hydrogens (tertiary/aromatic N) is 2. The van der Waals surface area contributed by atoms with Gasteiger partial charge in [-0.25, -0.2) is 9.98 Å². The van der Waals surface area contributed by atoms with Gasteiger partial charge in [-0.2, -0.15) is 0 Å². The van der Waals surface area contributed by atoms with Crippen molar-refractivity contribution in [1.82, 2.24) is 10.3 Å². The highest BCUT2D eigenvalue weighted by Crippen LogP contribution is 2.39. The lowest BCUT2D eigenvalue weighted by Crippen LogP contribution is -2.30. The van der Waals surface area contributed by atoms with E-state index in [0.717, 1.165) is 16.9 Å². The van der Waals surface area contributed by atoms with Gasteiger partial charge in [-0.1, -0.05) is 17.7 Å². The van der Waals surface area contributed by atoms with Gasteiger partial charge in [0.1, 0.15) is 12.0 Å². The van der Waals surface area contributed by atoms with Crippen molar-refractivity contribution in [3.05, 3.63) is 53.9 Å². The molecule has 0 radical (unpaired) electrons. The Morgan fingerprint density at radius 1 is 1.03 bits per heavy atom. The van der Waals surface area contributed by atoms with Gasteiger partial charge in [0.05, 0.1) is 27.9 Å². The third kappa shape index (κ3) is 6.28. The van der Waals surface area contributed by atoms with Crippen molar-refractivity contribution in [2.24, 2.45) is 4.99 Å². The highest BCUT2D eigenvalue weighted by Gasteiger charge is 2.14. The first kappa shape index (κ1) is 25.3. The number of oxazole rings is 1. The smallest absolute Gasteiger partial charge is 0.226 e. The first-order chi connectivity index (χ1) is 15.1.